The van der Waals surface area contributed by atoms with Crippen molar-refractivity contribution in [3.05, 3.63) is 12.7 Å². The fourth-order valence-corrected chi connectivity index (χ4v) is 2.20. The molecule has 1 rings (SSSR count). The number of urea groups is 1. The van der Waals surface area contributed by atoms with Crippen LogP contribution in [0.3, 0.4) is 0 Å². The van der Waals surface area contributed by atoms with Gasteiger partial charge in [0.05, 0.1) is 0 Å². The molecule has 1 saturated carbocycles. The van der Waals surface area contributed by atoms with Gasteiger partial charge in [-0.25, -0.2) is 4.79 Å². The van der Waals surface area contributed by atoms with Gasteiger partial charge < -0.3 is 14.9 Å². The van der Waals surface area contributed by atoms with Crippen LogP contribution >= 0.6 is 0 Å². The third-order valence-electron chi connectivity index (χ3n) is 3.12. The number of nitrogens with zero attached hydrogens (tertiary/aromatic N) is 2. The molecule has 0 bridgehead atoms. The first-order valence-electron chi connectivity index (χ1n) is 5.90. The summed E-state index contributed by atoms with van der Waals surface area (Å²) in [5.41, 5.74) is 0. The zero-order chi connectivity index (χ0) is 12.8. The maximum Gasteiger partial charge on any atom is 0.323 e. The fraction of sp³-hybridized carbons (Fsp3) is 0.667. The lowest BCUT2D eigenvalue weighted by atomic mass is 10.2. The summed E-state index contributed by atoms with van der Waals surface area (Å²) in [4.78, 5) is 25.7. The van der Waals surface area contributed by atoms with Gasteiger partial charge in [0, 0.05) is 19.6 Å². The van der Waals surface area contributed by atoms with Crippen molar-refractivity contribution in [2.24, 2.45) is 0 Å². The molecule has 5 nitrogen and oxygen atoms in total. The largest absolute Gasteiger partial charge is 0.480 e. The highest BCUT2D eigenvalue weighted by molar-refractivity contribution is 5.80. The number of carboxylic acids is 1. The van der Waals surface area contributed by atoms with Crippen LogP contribution in [-0.4, -0.2) is 53.1 Å². The van der Waals surface area contributed by atoms with E-state index in [1.165, 1.54) is 4.90 Å². The third-order valence-corrected chi connectivity index (χ3v) is 3.12. The molecule has 1 fully saturated rings. The van der Waals surface area contributed by atoms with Gasteiger partial charge in [-0.1, -0.05) is 18.9 Å². The van der Waals surface area contributed by atoms with Crippen molar-refractivity contribution in [1.82, 2.24) is 9.80 Å². The summed E-state index contributed by atoms with van der Waals surface area (Å²) in [6, 6.07) is 0.0304. The van der Waals surface area contributed by atoms with Gasteiger partial charge in [0.25, 0.3) is 0 Å². The number of aliphatic carboxylic acids is 1. The van der Waals surface area contributed by atoms with E-state index in [1.807, 2.05) is 0 Å². The Morgan fingerprint density at radius 1 is 1.41 bits per heavy atom. The Morgan fingerprint density at radius 2 is 2.00 bits per heavy atom. The number of hydrogen-bond donors (Lipinski definition) is 1. The van der Waals surface area contributed by atoms with E-state index in [1.54, 1.807) is 18.0 Å². The number of amides is 2. The van der Waals surface area contributed by atoms with Gasteiger partial charge in [-0.2, -0.15) is 0 Å². The first-order chi connectivity index (χ1) is 8.06. The maximum atomic E-state index is 12.1. The molecule has 0 aromatic heterocycles. The van der Waals surface area contributed by atoms with E-state index in [0.717, 1.165) is 25.7 Å². The predicted molar refractivity (Wildman–Crippen MR) is 64.8 cm³/mol. The quantitative estimate of drug-likeness (QED) is 0.742. The molecule has 0 unspecified atom stereocenters. The van der Waals surface area contributed by atoms with Crippen molar-refractivity contribution >= 4 is 12.0 Å². The van der Waals surface area contributed by atoms with Crippen LogP contribution < -0.4 is 0 Å². The molecule has 0 radical (unpaired) electrons. The topological polar surface area (TPSA) is 60.9 Å². The molecule has 0 aliphatic heterocycles. The van der Waals surface area contributed by atoms with E-state index in [4.69, 9.17) is 5.11 Å². The van der Waals surface area contributed by atoms with Crippen LogP contribution in [0.1, 0.15) is 25.7 Å². The highest BCUT2D eigenvalue weighted by atomic mass is 16.4. The van der Waals surface area contributed by atoms with Crippen molar-refractivity contribution in [3.63, 3.8) is 0 Å². The Balaban J connectivity index is 2.61. The van der Waals surface area contributed by atoms with Crippen LogP contribution in [0.2, 0.25) is 0 Å². The van der Waals surface area contributed by atoms with Crippen molar-refractivity contribution < 1.29 is 14.7 Å². The summed E-state index contributed by atoms with van der Waals surface area (Å²) in [5.74, 6) is -1.000. The Hall–Kier alpha value is -1.52. The smallest absolute Gasteiger partial charge is 0.323 e. The van der Waals surface area contributed by atoms with Gasteiger partial charge in [0.2, 0.25) is 0 Å². The summed E-state index contributed by atoms with van der Waals surface area (Å²) in [6.07, 6.45) is 5.85. The molecule has 1 aliphatic rings. The van der Waals surface area contributed by atoms with E-state index in [9.17, 15) is 9.59 Å². The molecule has 2 amide bonds. The van der Waals surface area contributed by atoms with Gasteiger partial charge >= 0.3 is 12.0 Å². The number of hydrogen-bond acceptors (Lipinski definition) is 2. The molecule has 1 N–H and O–H groups in total. The zero-order valence-electron chi connectivity index (χ0n) is 10.3. The van der Waals surface area contributed by atoms with E-state index >= 15 is 0 Å². The minimum Gasteiger partial charge on any atom is -0.480 e. The molecule has 0 aromatic carbocycles. The van der Waals surface area contributed by atoms with Gasteiger partial charge in [0.15, 0.2) is 0 Å². The summed E-state index contributed by atoms with van der Waals surface area (Å²) >= 11 is 0. The van der Waals surface area contributed by atoms with Crippen LogP contribution in [0.25, 0.3) is 0 Å². The maximum absolute atomic E-state index is 12.1. The zero-order valence-corrected chi connectivity index (χ0v) is 10.3. The molecule has 1 aliphatic carbocycles. The van der Waals surface area contributed by atoms with E-state index in [0.29, 0.717) is 0 Å². The van der Waals surface area contributed by atoms with Gasteiger partial charge in [-0.3, -0.25) is 4.79 Å². The normalized spacial score (nSPS) is 15.6. The van der Waals surface area contributed by atoms with E-state index < -0.39 is 5.97 Å². The van der Waals surface area contributed by atoms with Crippen LogP contribution in [-0.2, 0) is 4.79 Å². The predicted octanol–water partition coefficient (Wildman–Crippen LogP) is 1.55. The first-order valence-corrected chi connectivity index (χ1v) is 5.90. The molecular formula is C12H20N2O3. The minimum atomic E-state index is -1.000. The number of rotatable bonds is 5. The molecule has 0 spiro atoms. The first kappa shape index (κ1) is 13.5. The highest BCUT2D eigenvalue weighted by Crippen LogP contribution is 2.23. The second kappa shape index (κ2) is 6.27. The standard InChI is InChI=1S/C12H20N2O3/c1-3-8-14(9-11(15)16)12(17)13(2)10-6-4-5-7-10/h3,10H,1,4-9H2,2H3,(H,15,16). The molecule has 0 heterocycles. The SMILES string of the molecule is C=CCN(CC(=O)O)C(=O)N(C)C1CCCC1. The lowest BCUT2D eigenvalue weighted by Gasteiger charge is -2.30. The second-order valence-corrected chi connectivity index (χ2v) is 4.39. The summed E-state index contributed by atoms with van der Waals surface area (Å²) in [6.45, 7) is 3.53. The second-order valence-electron chi connectivity index (χ2n) is 4.39. The summed E-state index contributed by atoms with van der Waals surface area (Å²) < 4.78 is 0. The van der Waals surface area contributed by atoms with Crippen LogP contribution in [0.5, 0.6) is 0 Å². The Labute approximate surface area is 102 Å². The Bertz CT molecular complexity index is 298. The Morgan fingerprint density at radius 3 is 2.47 bits per heavy atom. The fourth-order valence-electron chi connectivity index (χ4n) is 2.20. The van der Waals surface area contributed by atoms with E-state index in [2.05, 4.69) is 6.58 Å². The van der Waals surface area contributed by atoms with Crippen LogP contribution in [0, 0.1) is 0 Å². The molecule has 5 heteroatoms. The molecule has 0 atom stereocenters. The number of carbonyl (C=O) groups excluding carboxylic acids is 1. The molecular weight excluding hydrogens is 220 g/mol. The lowest BCUT2D eigenvalue weighted by Crippen LogP contribution is -2.47. The monoisotopic (exact) mass is 240 g/mol. The van der Waals surface area contributed by atoms with Gasteiger partial charge in [-0.15, -0.1) is 6.58 Å². The molecule has 0 aromatic rings. The van der Waals surface area contributed by atoms with Crippen molar-refractivity contribution in [3.8, 4) is 0 Å². The highest BCUT2D eigenvalue weighted by Gasteiger charge is 2.27. The average molecular weight is 240 g/mol. The van der Waals surface area contributed by atoms with Gasteiger partial charge in [0.1, 0.15) is 6.54 Å². The number of carbonyl (C=O) groups is 2. The average Bonchev–Trinajstić information content (AvgIpc) is 2.79. The number of carboxylic acid groups (broad SMARTS) is 1. The van der Waals surface area contributed by atoms with Crippen molar-refractivity contribution in [2.75, 3.05) is 20.1 Å². The van der Waals surface area contributed by atoms with Gasteiger partial charge in [-0.05, 0) is 12.8 Å². The van der Waals surface area contributed by atoms with E-state index in [-0.39, 0.29) is 25.2 Å². The lowest BCUT2D eigenvalue weighted by molar-refractivity contribution is -0.137. The van der Waals surface area contributed by atoms with Crippen molar-refractivity contribution in [1.29, 1.82) is 0 Å². The molecule has 96 valence electrons. The van der Waals surface area contributed by atoms with Crippen LogP contribution in [0.15, 0.2) is 12.7 Å². The minimum absolute atomic E-state index is 0.223. The third kappa shape index (κ3) is 3.76. The Kier molecular flexibility index (Phi) is 5.00. The van der Waals surface area contributed by atoms with Crippen molar-refractivity contribution in [2.45, 2.75) is 31.7 Å². The summed E-state index contributed by atoms with van der Waals surface area (Å²) in [7, 11) is 1.75. The summed E-state index contributed by atoms with van der Waals surface area (Å²) in [5, 5.41) is 8.76. The molecule has 17 heavy (non-hydrogen) atoms. The molecule has 0 saturated heterocycles. The van der Waals surface area contributed by atoms with Crippen LogP contribution in [0.4, 0.5) is 4.79 Å².